The number of aliphatic hydroxyl groups is 3. The first-order valence-electron chi connectivity index (χ1n) is 3.51. The Morgan fingerprint density at radius 1 is 0.615 bits per heavy atom. The molecule has 0 unspecified atom stereocenters. The second-order valence-corrected chi connectivity index (χ2v) is 1.42. The van der Waals surface area contributed by atoms with E-state index in [1.165, 1.54) is 0 Å². The molecule has 0 heterocycles. The zero-order valence-electron chi connectivity index (χ0n) is 7.58. The van der Waals surface area contributed by atoms with E-state index >= 15 is 0 Å². The predicted octanol–water partition coefficient (Wildman–Crippen LogP) is 0.0902. The second kappa shape index (κ2) is 39.2. The van der Waals surface area contributed by atoms with Crippen molar-refractivity contribution >= 4 is 0 Å². The van der Waals surface area contributed by atoms with Gasteiger partial charge in [-0.2, -0.15) is 0 Å². The Hall–Kier alpha value is 0.474. The summed E-state index contributed by atoms with van der Waals surface area (Å²) in [5, 5.41) is 23.1. The van der Waals surface area contributed by atoms with Crippen molar-refractivity contribution < 1.29 is 37.0 Å². The maximum Gasteiger partial charge on any atom is 3.00 e. The summed E-state index contributed by atoms with van der Waals surface area (Å²) in [5.74, 6) is 0. The first-order chi connectivity index (χ1) is 5.74. The Morgan fingerprint density at radius 2 is 0.692 bits per heavy atom. The predicted molar refractivity (Wildman–Crippen MR) is 48.8 cm³/mol. The average molecular weight is 228 g/mol. The van der Waals surface area contributed by atoms with Gasteiger partial charge in [0.15, 0.2) is 0 Å². The summed E-state index contributed by atoms with van der Waals surface area (Å²) in [6.07, 6.45) is 0. The van der Waals surface area contributed by atoms with Crippen molar-refractivity contribution in [3.63, 3.8) is 0 Å². The molecule has 6 N–H and O–H groups in total. The summed E-state index contributed by atoms with van der Waals surface area (Å²) >= 11 is 0. The van der Waals surface area contributed by atoms with E-state index in [0.717, 1.165) is 0 Å². The fourth-order valence-electron chi connectivity index (χ4n) is 0. The van der Waals surface area contributed by atoms with Crippen LogP contribution in [0.25, 0.3) is 17.2 Å². The van der Waals surface area contributed by atoms with E-state index in [-0.39, 0.29) is 61.2 Å². The van der Waals surface area contributed by atoms with Gasteiger partial charge in [0.1, 0.15) is 0 Å². The Labute approximate surface area is 94.0 Å². The van der Waals surface area contributed by atoms with Gasteiger partial charge in [-0.1, -0.05) is 0 Å². The third kappa shape index (κ3) is 113. The van der Waals surface area contributed by atoms with Gasteiger partial charge in [0, 0.05) is 19.8 Å². The fraction of sp³-hybridized carbons (Fsp3) is 1.00. The molecule has 0 amide bonds. The van der Waals surface area contributed by atoms with Gasteiger partial charge in [-0.3, -0.25) is 0 Å². The van der Waals surface area contributed by atoms with Crippen LogP contribution in [0.1, 0.15) is 0 Å². The van der Waals surface area contributed by atoms with Crippen molar-refractivity contribution in [2.75, 3.05) is 39.5 Å². The minimum absolute atomic E-state index is 0. The third-order valence-corrected chi connectivity index (χ3v) is 0.335. The molecular weight excluding hydrogens is 210 g/mol. The summed E-state index contributed by atoms with van der Waals surface area (Å²) in [6, 6.07) is 0. The molecule has 0 saturated heterocycles. The third-order valence-electron chi connectivity index (χ3n) is 0.335. The van der Waals surface area contributed by atoms with Crippen LogP contribution in [-0.2, 0) is 21.7 Å². The summed E-state index contributed by atoms with van der Waals surface area (Å²) in [6.45, 7) is 0.333. The number of hydrogen-bond donors (Lipinski definition) is 3. The van der Waals surface area contributed by atoms with E-state index < -0.39 is 0 Å². The maximum atomic E-state index is 7.69. The van der Waals surface area contributed by atoms with E-state index in [0.29, 0.717) is 0 Å². The van der Waals surface area contributed by atoms with Crippen molar-refractivity contribution in [3.05, 3.63) is 17.2 Å². The van der Waals surface area contributed by atoms with Gasteiger partial charge >= 0.3 is 21.7 Å². The topological polar surface area (TPSA) is 132 Å². The monoisotopic (exact) mass is 228 g/mol. The zero-order chi connectivity index (χ0) is 10.2. The summed E-state index contributed by atoms with van der Waals surface area (Å²) in [7, 11) is 0. The number of nitrogens with one attached hydrogen (secondary N) is 3. The molecule has 0 aliphatic carbocycles. The molecule has 0 aromatic rings. The zero-order valence-corrected chi connectivity index (χ0v) is 9.15. The molecule has 0 aromatic carbocycles. The van der Waals surface area contributed by atoms with Gasteiger partial charge in [-0.05, 0) is 0 Å². The van der Waals surface area contributed by atoms with Crippen LogP contribution in [0.15, 0.2) is 0 Å². The molecule has 0 aromatic heterocycles. The number of aliphatic hydroxyl groups excluding tert-OH is 3. The van der Waals surface area contributed by atoms with Crippen molar-refractivity contribution in [2.24, 2.45) is 0 Å². The average Bonchev–Trinajstić information content (AvgIpc) is 2.18. The molecule has 0 fully saturated rings. The Morgan fingerprint density at radius 3 is 0.692 bits per heavy atom. The van der Waals surface area contributed by atoms with E-state index in [4.69, 9.17) is 32.5 Å². The first kappa shape index (κ1) is 23.4. The van der Waals surface area contributed by atoms with Gasteiger partial charge in [-0.15, -0.1) is 19.6 Å². The quantitative estimate of drug-likeness (QED) is 0.591. The molecule has 13 heavy (non-hydrogen) atoms. The van der Waals surface area contributed by atoms with Gasteiger partial charge in [-0.25, -0.2) is 0 Å². The molecule has 0 bridgehead atoms. The van der Waals surface area contributed by atoms with E-state index in [2.05, 4.69) is 0 Å². The molecule has 1 radical (unpaired) electrons. The van der Waals surface area contributed by atoms with Gasteiger partial charge in [0.25, 0.3) is 0 Å². The SMILES string of the molecule is [NH-]CCO.[NH-]CCO.[NH-]CCO.[Ti+3]. The van der Waals surface area contributed by atoms with Crippen molar-refractivity contribution in [1.82, 2.24) is 0 Å². The molecule has 0 aliphatic heterocycles. The molecule has 0 aliphatic rings. The Kier molecular flexibility index (Phi) is 70.4. The first-order valence-corrected chi connectivity index (χ1v) is 3.51. The van der Waals surface area contributed by atoms with E-state index in [1.807, 2.05) is 0 Å². The van der Waals surface area contributed by atoms with Gasteiger partial charge in [0.2, 0.25) is 0 Å². The number of rotatable bonds is 3. The van der Waals surface area contributed by atoms with Crippen LogP contribution in [0, 0.1) is 0 Å². The molecule has 0 saturated carbocycles. The molecule has 0 spiro atoms. The standard InChI is InChI=1S/3C2H6NO.Ti/c3*3-1-2-4;/h3*3-4H,1-2H2;/q3*-1;+3. The molecule has 0 rings (SSSR count). The molecule has 0 atom stereocenters. The van der Waals surface area contributed by atoms with E-state index in [9.17, 15) is 0 Å². The van der Waals surface area contributed by atoms with Crippen LogP contribution in [0.2, 0.25) is 0 Å². The largest absolute Gasteiger partial charge is 3.00 e. The molecule has 7 heteroatoms. The van der Waals surface area contributed by atoms with Crippen LogP contribution in [0.5, 0.6) is 0 Å². The van der Waals surface area contributed by atoms with Gasteiger partial charge < -0.3 is 32.5 Å². The smallest absolute Gasteiger partial charge is 0.676 e. The Balaban J connectivity index is -0.0000000450. The normalized spacial score (nSPS) is 6.92. The second-order valence-electron chi connectivity index (χ2n) is 1.42. The molecule has 6 nitrogen and oxygen atoms in total. The van der Waals surface area contributed by atoms with Crippen molar-refractivity contribution in [2.45, 2.75) is 0 Å². The van der Waals surface area contributed by atoms with Gasteiger partial charge in [0.05, 0.1) is 0 Å². The van der Waals surface area contributed by atoms with Crippen LogP contribution in [-0.4, -0.2) is 54.8 Å². The van der Waals surface area contributed by atoms with Crippen LogP contribution >= 0.6 is 0 Å². The minimum atomic E-state index is -0.0139. The van der Waals surface area contributed by atoms with Crippen molar-refractivity contribution in [3.8, 4) is 0 Å². The van der Waals surface area contributed by atoms with Crippen LogP contribution < -0.4 is 0 Å². The minimum Gasteiger partial charge on any atom is -0.676 e. The summed E-state index contributed by atoms with van der Waals surface area (Å²) in [5.41, 5.74) is 18.6. The van der Waals surface area contributed by atoms with Crippen LogP contribution in [0.3, 0.4) is 0 Å². The Bertz CT molecular complexity index is 38.6. The van der Waals surface area contributed by atoms with Crippen molar-refractivity contribution in [1.29, 1.82) is 0 Å². The number of hydrogen-bond acceptors (Lipinski definition) is 3. The summed E-state index contributed by atoms with van der Waals surface area (Å²) < 4.78 is 0. The molecular formula is C6H18N3O3Ti. The van der Waals surface area contributed by atoms with Crippen LogP contribution in [0.4, 0.5) is 0 Å². The fourth-order valence-corrected chi connectivity index (χ4v) is 0. The maximum absolute atomic E-state index is 7.69. The summed E-state index contributed by atoms with van der Waals surface area (Å²) in [4.78, 5) is 0. The molecule has 79 valence electrons. The van der Waals surface area contributed by atoms with E-state index in [1.54, 1.807) is 0 Å².